The minimum atomic E-state index is -0.193. The number of nitrogens with one attached hydrogen (secondary N) is 1. The molecule has 5 nitrogen and oxygen atoms in total. The highest BCUT2D eigenvalue weighted by Crippen LogP contribution is 1.85. The summed E-state index contributed by atoms with van der Waals surface area (Å²) in [5.41, 5.74) is 0. The van der Waals surface area contributed by atoms with Crippen LogP contribution in [0.4, 0.5) is 0 Å². The molecule has 0 aliphatic heterocycles. The molecule has 5 N–H and O–H groups in total. The fraction of sp³-hybridized carbons (Fsp3) is 0.625. The van der Waals surface area contributed by atoms with Gasteiger partial charge >= 0.3 is 0 Å². The topological polar surface area (TPSA) is 90.4 Å². The first-order valence-electron chi connectivity index (χ1n) is 4.12. The highest BCUT2D eigenvalue weighted by Gasteiger charge is 1.90. The molecule has 0 rings (SSSR count). The van der Waals surface area contributed by atoms with Gasteiger partial charge in [0, 0.05) is 6.61 Å². The molecular weight excluding hydrogens is 170 g/mol. The van der Waals surface area contributed by atoms with Gasteiger partial charge in [0.1, 0.15) is 6.73 Å². The number of ether oxygens (including phenoxy) is 1. The molecule has 0 aromatic rings. The maximum atomic E-state index is 10.5. The Morgan fingerprint density at radius 1 is 1.62 bits per heavy atom. The predicted octanol–water partition coefficient (Wildman–Crippen LogP) is -0.118. The van der Waals surface area contributed by atoms with E-state index in [1.165, 1.54) is 6.08 Å². The maximum absolute atomic E-state index is 10.5. The fourth-order valence-corrected chi connectivity index (χ4v) is 0.513. The van der Waals surface area contributed by atoms with Crippen molar-refractivity contribution in [3.63, 3.8) is 0 Å². The Balaban J connectivity index is 0. The van der Waals surface area contributed by atoms with Crippen LogP contribution in [-0.2, 0) is 9.53 Å². The Morgan fingerprint density at radius 3 is 2.69 bits per heavy atom. The van der Waals surface area contributed by atoms with Crippen molar-refractivity contribution in [3.8, 4) is 0 Å². The van der Waals surface area contributed by atoms with E-state index in [0.717, 1.165) is 12.8 Å². The lowest BCUT2D eigenvalue weighted by Crippen LogP contribution is -2.23. The third-order valence-electron chi connectivity index (χ3n) is 1.18. The molecule has 0 saturated heterocycles. The van der Waals surface area contributed by atoms with Gasteiger partial charge in [-0.25, -0.2) is 0 Å². The molecule has 0 spiro atoms. The van der Waals surface area contributed by atoms with E-state index >= 15 is 0 Å². The number of hydrogen-bond acceptors (Lipinski definition) is 4. The average molecular weight is 189 g/mol. The van der Waals surface area contributed by atoms with Crippen molar-refractivity contribution in [1.82, 2.24) is 5.32 Å². The van der Waals surface area contributed by atoms with Crippen molar-refractivity contribution in [2.75, 3.05) is 13.3 Å². The van der Waals surface area contributed by atoms with E-state index in [9.17, 15) is 4.79 Å². The van der Waals surface area contributed by atoms with Crippen LogP contribution in [-0.4, -0.2) is 19.2 Å². The molecular formula is C8H19N3O2. The van der Waals surface area contributed by atoms with E-state index in [4.69, 9.17) is 4.74 Å². The van der Waals surface area contributed by atoms with Gasteiger partial charge < -0.3 is 10.1 Å². The van der Waals surface area contributed by atoms with Gasteiger partial charge in [-0.05, 0) is 12.5 Å². The summed E-state index contributed by atoms with van der Waals surface area (Å²) in [4.78, 5) is 10.5. The summed E-state index contributed by atoms with van der Waals surface area (Å²) in [6.07, 6.45) is 3.36. The third kappa shape index (κ3) is 14.0. The summed E-state index contributed by atoms with van der Waals surface area (Å²) >= 11 is 0. The molecule has 0 radical (unpaired) electrons. The van der Waals surface area contributed by atoms with E-state index in [1.54, 1.807) is 0 Å². The van der Waals surface area contributed by atoms with Gasteiger partial charge in [-0.1, -0.05) is 19.9 Å². The van der Waals surface area contributed by atoms with E-state index < -0.39 is 0 Å². The van der Waals surface area contributed by atoms with Crippen molar-refractivity contribution < 1.29 is 9.53 Å². The Hall–Kier alpha value is -0.910. The number of carbonyl (C=O) groups excluding carboxylic acids is 1. The first-order valence-corrected chi connectivity index (χ1v) is 4.12. The van der Waals surface area contributed by atoms with Gasteiger partial charge in [-0.15, -0.1) is 0 Å². The minimum Gasteiger partial charge on any atom is -0.361 e. The molecule has 0 unspecified atom stereocenters. The molecule has 0 aliphatic carbocycles. The summed E-state index contributed by atoms with van der Waals surface area (Å²) in [7, 11) is 0. The normalized spacial score (nSPS) is 8.23. The molecule has 78 valence electrons. The molecule has 0 bridgehead atoms. The van der Waals surface area contributed by atoms with Crippen molar-refractivity contribution in [1.29, 1.82) is 0 Å². The first kappa shape index (κ1) is 14.6. The quantitative estimate of drug-likeness (QED) is 0.179. The van der Waals surface area contributed by atoms with E-state index in [2.05, 4.69) is 30.5 Å². The third-order valence-corrected chi connectivity index (χ3v) is 1.18. The number of carbonyl (C=O) groups is 1. The van der Waals surface area contributed by atoms with Gasteiger partial charge in [-0.3, -0.25) is 16.5 Å². The zero-order valence-electron chi connectivity index (χ0n) is 8.08. The van der Waals surface area contributed by atoms with Crippen LogP contribution in [0.3, 0.4) is 0 Å². The van der Waals surface area contributed by atoms with E-state index in [0.29, 0.717) is 6.61 Å². The Bertz CT molecular complexity index is 129. The SMILES string of the molecule is C=CC(=O)NCOCCCC.NN. The fourth-order valence-electron chi connectivity index (χ4n) is 0.513. The summed E-state index contributed by atoms with van der Waals surface area (Å²) in [6.45, 7) is 6.38. The summed E-state index contributed by atoms with van der Waals surface area (Å²) < 4.78 is 5.07. The van der Waals surface area contributed by atoms with Crippen molar-refractivity contribution in [2.24, 2.45) is 11.7 Å². The molecule has 0 aromatic carbocycles. The van der Waals surface area contributed by atoms with Gasteiger partial charge in [0.15, 0.2) is 0 Å². The number of hydrazine groups is 1. The molecule has 0 aliphatic rings. The number of rotatable bonds is 6. The second-order valence-corrected chi connectivity index (χ2v) is 2.15. The lowest BCUT2D eigenvalue weighted by molar-refractivity contribution is -0.118. The van der Waals surface area contributed by atoms with Crippen LogP contribution < -0.4 is 17.0 Å². The van der Waals surface area contributed by atoms with Crippen molar-refractivity contribution in [2.45, 2.75) is 19.8 Å². The van der Waals surface area contributed by atoms with Gasteiger partial charge in [0.05, 0.1) is 0 Å². The highest BCUT2D eigenvalue weighted by molar-refractivity contribution is 5.86. The standard InChI is InChI=1S/C8H15NO2.H4N2/c1-3-5-6-11-7-9-8(10)4-2;1-2/h4H,2-3,5-7H2,1H3,(H,9,10);1-2H2. The van der Waals surface area contributed by atoms with Gasteiger partial charge in [0.2, 0.25) is 5.91 Å². The molecule has 0 heterocycles. The van der Waals surface area contributed by atoms with Crippen molar-refractivity contribution in [3.05, 3.63) is 12.7 Å². The summed E-state index contributed by atoms with van der Waals surface area (Å²) in [5.74, 6) is 7.81. The smallest absolute Gasteiger partial charge is 0.245 e. The zero-order valence-corrected chi connectivity index (χ0v) is 8.08. The summed E-state index contributed by atoms with van der Waals surface area (Å²) in [5, 5.41) is 2.51. The number of nitrogens with two attached hydrogens (primary N) is 2. The number of amides is 1. The molecule has 0 atom stereocenters. The highest BCUT2D eigenvalue weighted by atomic mass is 16.5. The second kappa shape index (κ2) is 13.7. The Labute approximate surface area is 79.1 Å². The van der Waals surface area contributed by atoms with Gasteiger partial charge in [-0.2, -0.15) is 0 Å². The second-order valence-electron chi connectivity index (χ2n) is 2.15. The van der Waals surface area contributed by atoms with Crippen LogP contribution in [0, 0.1) is 0 Å². The first-order chi connectivity index (χ1) is 6.31. The lowest BCUT2D eigenvalue weighted by Gasteiger charge is -2.02. The molecule has 0 saturated carbocycles. The van der Waals surface area contributed by atoms with E-state index in [1.807, 2.05) is 0 Å². The molecule has 5 heteroatoms. The number of hydrogen-bond donors (Lipinski definition) is 3. The molecule has 0 fully saturated rings. The molecule has 0 aromatic heterocycles. The van der Waals surface area contributed by atoms with Crippen LogP contribution in [0.15, 0.2) is 12.7 Å². The average Bonchev–Trinajstić information content (AvgIpc) is 2.20. The lowest BCUT2D eigenvalue weighted by atomic mass is 10.4. The van der Waals surface area contributed by atoms with Crippen LogP contribution in [0.2, 0.25) is 0 Å². The van der Waals surface area contributed by atoms with Crippen LogP contribution in [0.1, 0.15) is 19.8 Å². The number of unbranched alkanes of at least 4 members (excludes halogenated alkanes) is 1. The summed E-state index contributed by atoms with van der Waals surface area (Å²) in [6, 6.07) is 0. The predicted molar refractivity (Wildman–Crippen MR) is 52.4 cm³/mol. The Kier molecular flexibility index (Phi) is 15.4. The van der Waals surface area contributed by atoms with Crippen LogP contribution in [0.25, 0.3) is 0 Å². The zero-order chi connectivity index (χ0) is 10.5. The maximum Gasteiger partial charge on any atom is 0.245 e. The monoisotopic (exact) mass is 189 g/mol. The molecule has 13 heavy (non-hydrogen) atoms. The van der Waals surface area contributed by atoms with Crippen molar-refractivity contribution >= 4 is 5.91 Å². The van der Waals surface area contributed by atoms with E-state index in [-0.39, 0.29) is 12.6 Å². The Morgan fingerprint density at radius 2 is 2.23 bits per heavy atom. The minimum absolute atomic E-state index is 0.193. The largest absolute Gasteiger partial charge is 0.361 e. The van der Waals surface area contributed by atoms with Gasteiger partial charge in [0.25, 0.3) is 0 Å². The molecule has 1 amide bonds. The van der Waals surface area contributed by atoms with Crippen LogP contribution in [0.5, 0.6) is 0 Å². The van der Waals surface area contributed by atoms with Crippen LogP contribution >= 0.6 is 0 Å².